The van der Waals surface area contributed by atoms with E-state index in [1.165, 1.54) is 4.90 Å². The first-order valence-corrected chi connectivity index (χ1v) is 8.14. The molecule has 2 aromatic heterocycles. The van der Waals surface area contributed by atoms with Gasteiger partial charge in [-0.1, -0.05) is 35.5 Å². The smallest absolute Gasteiger partial charge is 0.276 e. The van der Waals surface area contributed by atoms with E-state index < -0.39 is 29.3 Å². The number of aromatic nitrogens is 3. The van der Waals surface area contributed by atoms with Crippen LogP contribution in [0.25, 0.3) is 11.4 Å². The molecule has 0 aliphatic carbocycles. The van der Waals surface area contributed by atoms with Crippen molar-refractivity contribution in [1.29, 1.82) is 0 Å². The maximum Gasteiger partial charge on any atom is 0.276 e. The van der Waals surface area contributed by atoms with Crippen LogP contribution in [0, 0.1) is 11.6 Å². The Labute approximate surface area is 147 Å². The van der Waals surface area contributed by atoms with E-state index in [0.29, 0.717) is 31.3 Å². The fraction of sp³-hybridized carbons (Fsp3) is 0.222. The summed E-state index contributed by atoms with van der Waals surface area (Å²) < 4.78 is 32.3. The van der Waals surface area contributed by atoms with Crippen molar-refractivity contribution < 1.29 is 18.1 Å². The van der Waals surface area contributed by atoms with Gasteiger partial charge in [-0.2, -0.15) is 4.98 Å². The van der Waals surface area contributed by atoms with Crippen molar-refractivity contribution in [3.8, 4) is 11.4 Å². The Hall–Kier alpha value is -3.16. The SMILES string of the molecule is O=C(c1ncc(F)cc1F)N1CCCC1c1nc(-c2ccccc2)no1. The normalized spacial score (nSPS) is 16.8. The van der Waals surface area contributed by atoms with Crippen molar-refractivity contribution in [2.24, 2.45) is 0 Å². The van der Waals surface area contributed by atoms with Crippen LogP contribution in [0.2, 0.25) is 0 Å². The number of likely N-dealkylation sites (tertiary alicyclic amines) is 1. The second-order valence-corrected chi connectivity index (χ2v) is 5.96. The quantitative estimate of drug-likeness (QED) is 0.719. The van der Waals surface area contributed by atoms with Gasteiger partial charge in [-0.3, -0.25) is 4.79 Å². The van der Waals surface area contributed by atoms with Crippen molar-refractivity contribution in [2.45, 2.75) is 18.9 Å². The molecule has 1 fully saturated rings. The minimum atomic E-state index is -0.990. The summed E-state index contributed by atoms with van der Waals surface area (Å²) in [4.78, 5) is 22.1. The Morgan fingerprint density at radius 1 is 1.23 bits per heavy atom. The molecule has 1 unspecified atom stereocenters. The first-order chi connectivity index (χ1) is 12.6. The molecule has 3 heterocycles. The Morgan fingerprint density at radius 3 is 2.81 bits per heavy atom. The van der Waals surface area contributed by atoms with Crippen molar-refractivity contribution in [3.05, 3.63) is 65.8 Å². The zero-order chi connectivity index (χ0) is 18.1. The predicted octanol–water partition coefficient (Wildman–Crippen LogP) is 3.39. The summed E-state index contributed by atoms with van der Waals surface area (Å²) in [6, 6.07) is 9.49. The molecule has 26 heavy (non-hydrogen) atoms. The average Bonchev–Trinajstić information content (AvgIpc) is 3.31. The van der Waals surface area contributed by atoms with Crippen molar-refractivity contribution >= 4 is 5.91 Å². The molecule has 1 aromatic carbocycles. The fourth-order valence-corrected chi connectivity index (χ4v) is 3.05. The van der Waals surface area contributed by atoms with Crippen LogP contribution >= 0.6 is 0 Å². The lowest BCUT2D eigenvalue weighted by Gasteiger charge is -2.21. The number of benzene rings is 1. The monoisotopic (exact) mass is 356 g/mol. The van der Waals surface area contributed by atoms with E-state index >= 15 is 0 Å². The molecule has 8 heteroatoms. The van der Waals surface area contributed by atoms with E-state index in [1.807, 2.05) is 30.3 Å². The summed E-state index contributed by atoms with van der Waals surface area (Å²) in [6.45, 7) is 0.408. The van der Waals surface area contributed by atoms with Gasteiger partial charge in [0.25, 0.3) is 5.91 Å². The van der Waals surface area contributed by atoms with Gasteiger partial charge in [0, 0.05) is 18.2 Å². The Kier molecular flexibility index (Phi) is 4.16. The van der Waals surface area contributed by atoms with Crippen molar-refractivity contribution in [3.63, 3.8) is 0 Å². The lowest BCUT2D eigenvalue weighted by atomic mass is 10.2. The summed E-state index contributed by atoms with van der Waals surface area (Å²) in [6.07, 6.45) is 2.15. The van der Waals surface area contributed by atoms with Gasteiger partial charge in [0.2, 0.25) is 11.7 Å². The molecule has 3 aromatic rings. The van der Waals surface area contributed by atoms with E-state index in [-0.39, 0.29) is 5.89 Å². The molecule has 0 saturated carbocycles. The molecule has 0 N–H and O–H groups in total. The molecule has 1 aliphatic heterocycles. The summed E-state index contributed by atoms with van der Waals surface area (Å²) in [5.41, 5.74) is 0.380. The molecule has 1 aliphatic rings. The Balaban J connectivity index is 1.61. The molecular formula is C18H14F2N4O2. The molecule has 0 radical (unpaired) electrons. The van der Waals surface area contributed by atoms with Crippen LogP contribution in [0.5, 0.6) is 0 Å². The number of halogens is 2. The number of pyridine rings is 1. The summed E-state index contributed by atoms with van der Waals surface area (Å²) in [5, 5.41) is 3.96. The molecule has 0 bridgehead atoms. The average molecular weight is 356 g/mol. The van der Waals surface area contributed by atoms with Crippen molar-refractivity contribution in [2.75, 3.05) is 6.54 Å². The van der Waals surface area contributed by atoms with Gasteiger partial charge in [-0.25, -0.2) is 13.8 Å². The van der Waals surface area contributed by atoms with E-state index in [2.05, 4.69) is 15.1 Å². The first-order valence-electron chi connectivity index (χ1n) is 8.14. The highest BCUT2D eigenvalue weighted by molar-refractivity contribution is 5.93. The second-order valence-electron chi connectivity index (χ2n) is 5.96. The van der Waals surface area contributed by atoms with Gasteiger partial charge in [0.05, 0.1) is 6.20 Å². The molecular weight excluding hydrogens is 342 g/mol. The van der Waals surface area contributed by atoms with Gasteiger partial charge in [-0.15, -0.1) is 0 Å². The largest absolute Gasteiger partial charge is 0.337 e. The lowest BCUT2D eigenvalue weighted by molar-refractivity contribution is 0.0698. The maximum absolute atomic E-state index is 13.9. The fourth-order valence-electron chi connectivity index (χ4n) is 3.05. The predicted molar refractivity (Wildman–Crippen MR) is 86.9 cm³/mol. The van der Waals surface area contributed by atoms with Gasteiger partial charge in [0.1, 0.15) is 11.9 Å². The maximum atomic E-state index is 13.9. The topological polar surface area (TPSA) is 72.1 Å². The first kappa shape index (κ1) is 16.3. The van der Waals surface area contributed by atoms with Gasteiger partial charge in [-0.05, 0) is 12.8 Å². The molecule has 1 amide bonds. The molecule has 132 valence electrons. The van der Waals surface area contributed by atoms with Crippen LogP contribution in [0.4, 0.5) is 8.78 Å². The highest BCUT2D eigenvalue weighted by Crippen LogP contribution is 2.33. The van der Waals surface area contributed by atoms with Crippen LogP contribution in [0.15, 0.2) is 47.1 Å². The van der Waals surface area contributed by atoms with E-state index in [0.717, 1.165) is 11.8 Å². The van der Waals surface area contributed by atoms with Gasteiger partial charge < -0.3 is 9.42 Å². The number of hydrogen-bond acceptors (Lipinski definition) is 5. The highest BCUT2D eigenvalue weighted by atomic mass is 19.1. The number of carbonyl (C=O) groups excluding carboxylic acids is 1. The second kappa shape index (κ2) is 6.62. The van der Waals surface area contributed by atoms with Crippen molar-refractivity contribution in [1.82, 2.24) is 20.0 Å². The lowest BCUT2D eigenvalue weighted by Crippen LogP contribution is -2.32. The molecule has 6 nitrogen and oxygen atoms in total. The van der Waals surface area contributed by atoms with Crippen LogP contribution in [0.1, 0.15) is 35.3 Å². The highest BCUT2D eigenvalue weighted by Gasteiger charge is 2.36. The minimum absolute atomic E-state index is 0.289. The Morgan fingerprint density at radius 2 is 2.04 bits per heavy atom. The summed E-state index contributed by atoms with van der Waals surface area (Å²) >= 11 is 0. The standard InChI is InChI=1S/C18H14F2N4O2/c19-12-9-13(20)15(21-10-12)18(25)24-8-4-7-14(24)17-22-16(23-26-17)11-5-2-1-3-6-11/h1-3,5-6,9-10,14H,4,7-8H2. The number of rotatable bonds is 3. The number of amides is 1. The van der Waals surface area contributed by atoms with Crippen LogP contribution in [-0.2, 0) is 0 Å². The number of nitrogens with zero attached hydrogens (tertiary/aromatic N) is 4. The summed E-state index contributed by atoms with van der Waals surface area (Å²) in [7, 11) is 0. The van der Waals surface area contributed by atoms with E-state index in [1.54, 1.807) is 0 Å². The molecule has 1 saturated heterocycles. The van der Waals surface area contributed by atoms with E-state index in [4.69, 9.17) is 4.52 Å². The zero-order valence-electron chi connectivity index (χ0n) is 13.6. The van der Waals surface area contributed by atoms with Gasteiger partial charge in [0.15, 0.2) is 11.5 Å². The van der Waals surface area contributed by atoms with E-state index in [9.17, 15) is 13.6 Å². The zero-order valence-corrected chi connectivity index (χ0v) is 13.6. The minimum Gasteiger partial charge on any atom is -0.337 e. The Bertz CT molecular complexity index is 945. The van der Waals surface area contributed by atoms with Gasteiger partial charge >= 0.3 is 0 Å². The molecule has 4 rings (SSSR count). The summed E-state index contributed by atoms with van der Waals surface area (Å²) in [5.74, 6) is -1.73. The third kappa shape index (κ3) is 2.94. The molecule has 1 atom stereocenters. The van der Waals surface area contributed by atoms with Crippen LogP contribution in [0.3, 0.4) is 0 Å². The molecule has 0 spiro atoms. The van der Waals surface area contributed by atoms with Crippen LogP contribution in [-0.4, -0.2) is 32.5 Å². The number of hydrogen-bond donors (Lipinski definition) is 0. The van der Waals surface area contributed by atoms with Crippen LogP contribution < -0.4 is 0 Å². The third-order valence-corrected chi connectivity index (χ3v) is 4.28. The number of carbonyl (C=O) groups is 1. The third-order valence-electron chi connectivity index (χ3n) is 4.28.